The maximum atomic E-state index is 13.7. The van der Waals surface area contributed by atoms with Crippen LogP contribution in [0, 0.1) is 17.7 Å². The molecule has 6 nitrogen and oxygen atoms in total. The molecule has 132 valence electrons. The fourth-order valence-corrected chi connectivity index (χ4v) is 6.00. The second-order valence-corrected chi connectivity index (χ2v) is 8.55. The van der Waals surface area contributed by atoms with E-state index in [-0.39, 0.29) is 23.7 Å². The molecule has 0 spiro atoms. The van der Waals surface area contributed by atoms with Crippen molar-refractivity contribution in [1.82, 2.24) is 13.9 Å². The molecular weight excluding hydrogens is 333 g/mol. The van der Waals surface area contributed by atoms with Crippen molar-refractivity contribution in [2.45, 2.75) is 6.04 Å². The Morgan fingerprint density at radius 2 is 2.00 bits per heavy atom. The average molecular weight is 355 g/mol. The molecule has 0 aliphatic carbocycles. The fourth-order valence-electron chi connectivity index (χ4n) is 4.15. The van der Waals surface area contributed by atoms with Gasteiger partial charge in [-0.15, -0.1) is 0 Å². The standard InChI is InChI=1S/C16H22FN3O3S/c17-14-3-1-2-12(8-14)16-15-10-18-9-13(15)11-20(16)24(21,22)19-4-6-23-7-5-19/h1-3,8,13,15-16,18H,4-7,9-11H2/t13-,15-,16-/m0/s1. The summed E-state index contributed by atoms with van der Waals surface area (Å²) in [5, 5.41) is 3.34. The van der Waals surface area contributed by atoms with Crippen molar-refractivity contribution < 1.29 is 17.5 Å². The Balaban J connectivity index is 1.70. The van der Waals surface area contributed by atoms with E-state index in [4.69, 9.17) is 4.74 Å². The predicted octanol–water partition coefficient (Wildman–Crippen LogP) is 0.595. The molecule has 0 saturated carbocycles. The van der Waals surface area contributed by atoms with Gasteiger partial charge >= 0.3 is 0 Å². The van der Waals surface area contributed by atoms with E-state index >= 15 is 0 Å². The minimum Gasteiger partial charge on any atom is -0.379 e. The zero-order chi connectivity index (χ0) is 16.7. The average Bonchev–Trinajstić information content (AvgIpc) is 3.16. The van der Waals surface area contributed by atoms with Crippen molar-refractivity contribution in [3.05, 3.63) is 35.6 Å². The lowest BCUT2D eigenvalue weighted by atomic mass is 9.90. The second-order valence-electron chi connectivity index (χ2n) is 6.67. The van der Waals surface area contributed by atoms with Crippen LogP contribution in [0.2, 0.25) is 0 Å². The SMILES string of the molecule is O=S(=O)(N1CCOCC1)N1C[C@@H]2CNC[C@@H]2[C@@H]1c1cccc(F)c1. The molecule has 1 N–H and O–H groups in total. The van der Waals surface area contributed by atoms with Crippen LogP contribution >= 0.6 is 0 Å². The van der Waals surface area contributed by atoms with Gasteiger partial charge in [0.1, 0.15) is 5.82 Å². The zero-order valence-corrected chi connectivity index (χ0v) is 14.2. The van der Waals surface area contributed by atoms with Gasteiger partial charge in [0, 0.05) is 26.2 Å². The molecule has 3 aliphatic rings. The molecule has 3 atom stereocenters. The number of fused-ring (bicyclic) bond motifs is 1. The van der Waals surface area contributed by atoms with Gasteiger partial charge in [0.2, 0.25) is 0 Å². The number of nitrogens with zero attached hydrogens (tertiary/aromatic N) is 2. The Hall–Kier alpha value is -1.06. The quantitative estimate of drug-likeness (QED) is 0.862. The highest BCUT2D eigenvalue weighted by molar-refractivity contribution is 7.86. The summed E-state index contributed by atoms with van der Waals surface area (Å²) in [6.45, 7) is 3.66. The lowest BCUT2D eigenvalue weighted by Crippen LogP contribution is -2.49. The summed E-state index contributed by atoms with van der Waals surface area (Å²) >= 11 is 0. The summed E-state index contributed by atoms with van der Waals surface area (Å²) in [6.07, 6.45) is 0. The van der Waals surface area contributed by atoms with E-state index in [9.17, 15) is 12.8 Å². The first-order chi connectivity index (χ1) is 11.6. The van der Waals surface area contributed by atoms with E-state index in [1.165, 1.54) is 16.4 Å². The van der Waals surface area contributed by atoms with E-state index in [0.29, 0.717) is 32.8 Å². The molecule has 0 unspecified atom stereocenters. The third kappa shape index (κ3) is 2.76. The Bertz CT molecular complexity index is 708. The smallest absolute Gasteiger partial charge is 0.282 e. The third-order valence-electron chi connectivity index (χ3n) is 5.31. The van der Waals surface area contributed by atoms with Crippen LogP contribution in [-0.4, -0.2) is 63.0 Å². The van der Waals surface area contributed by atoms with Gasteiger partial charge in [-0.1, -0.05) is 12.1 Å². The van der Waals surface area contributed by atoms with Gasteiger partial charge in [0.25, 0.3) is 10.2 Å². The molecular formula is C16H22FN3O3S. The van der Waals surface area contributed by atoms with E-state index in [0.717, 1.165) is 18.7 Å². The first-order valence-electron chi connectivity index (χ1n) is 8.38. The second kappa shape index (κ2) is 6.34. The molecule has 1 aromatic rings. The van der Waals surface area contributed by atoms with Crippen LogP contribution in [-0.2, 0) is 14.9 Å². The highest BCUT2D eigenvalue weighted by atomic mass is 32.2. The largest absolute Gasteiger partial charge is 0.379 e. The Kier molecular flexibility index (Phi) is 4.34. The first-order valence-corrected chi connectivity index (χ1v) is 9.78. The highest BCUT2D eigenvalue weighted by Crippen LogP contribution is 2.44. The molecule has 8 heteroatoms. The molecule has 3 aliphatic heterocycles. The molecule has 3 heterocycles. The van der Waals surface area contributed by atoms with E-state index in [1.807, 2.05) is 6.07 Å². The summed E-state index contributed by atoms with van der Waals surface area (Å²) in [5.74, 6) is 0.127. The van der Waals surface area contributed by atoms with E-state index in [1.54, 1.807) is 10.4 Å². The monoisotopic (exact) mass is 355 g/mol. The first kappa shape index (κ1) is 16.4. The number of ether oxygens (including phenoxy) is 1. The van der Waals surface area contributed by atoms with Crippen molar-refractivity contribution in [1.29, 1.82) is 0 Å². The van der Waals surface area contributed by atoms with Gasteiger partial charge in [0.15, 0.2) is 0 Å². The van der Waals surface area contributed by atoms with Crippen LogP contribution in [0.4, 0.5) is 4.39 Å². The van der Waals surface area contributed by atoms with Gasteiger partial charge < -0.3 is 10.1 Å². The minimum absolute atomic E-state index is 0.183. The van der Waals surface area contributed by atoms with E-state index in [2.05, 4.69) is 5.32 Å². The van der Waals surface area contributed by atoms with Crippen molar-refractivity contribution in [2.75, 3.05) is 45.9 Å². The fraction of sp³-hybridized carbons (Fsp3) is 0.625. The molecule has 0 bridgehead atoms. The van der Waals surface area contributed by atoms with E-state index < -0.39 is 10.2 Å². The maximum absolute atomic E-state index is 13.7. The van der Waals surface area contributed by atoms with Crippen molar-refractivity contribution in [2.24, 2.45) is 11.8 Å². The van der Waals surface area contributed by atoms with Gasteiger partial charge in [0.05, 0.1) is 19.3 Å². The summed E-state index contributed by atoms with van der Waals surface area (Å²) in [6, 6.07) is 6.03. The number of benzene rings is 1. The zero-order valence-electron chi connectivity index (χ0n) is 13.4. The maximum Gasteiger partial charge on any atom is 0.282 e. The molecule has 1 aromatic carbocycles. The number of nitrogens with one attached hydrogen (secondary N) is 1. The van der Waals surface area contributed by atoms with Crippen LogP contribution in [0.5, 0.6) is 0 Å². The summed E-state index contributed by atoms with van der Waals surface area (Å²) < 4.78 is 48.4. The lowest BCUT2D eigenvalue weighted by Gasteiger charge is -2.34. The van der Waals surface area contributed by atoms with Crippen LogP contribution in [0.1, 0.15) is 11.6 Å². The highest BCUT2D eigenvalue weighted by Gasteiger charge is 2.50. The topological polar surface area (TPSA) is 61.9 Å². The van der Waals surface area contributed by atoms with Gasteiger partial charge in [-0.05, 0) is 36.1 Å². The van der Waals surface area contributed by atoms with Crippen LogP contribution in [0.25, 0.3) is 0 Å². The lowest BCUT2D eigenvalue weighted by molar-refractivity contribution is 0.0696. The molecule has 3 saturated heterocycles. The van der Waals surface area contributed by atoms with Gasteiger partial charge in [-0.2, -0.15) is 17.0 Å². The van der Waals surface area contributed by atoms with Crippen LogP contribution < -0.4 is 5.32 Å². The Morgan fingerprint density at radius 3 is 2.75 bits per heavy atom. The minimum atomic E-state index is -3.58. The molecule has 4 rings (SSSR count). The number of rotatable bonds is 3. The molecule has 24 heavy (non-hydrogen) atoms. The van der Waals surface area contributed by atoms with Crippen molar-refractivity contribution in [3.63, 3.8) is 0 Å². The Labute approximate surface area is 141 Å². The predicted molar refractivity (Wildman–Crippen MR) is 87.0 cm³/mol. The summed E-state index contributed by atoms with van der Waals surface area (Å²) in [4.78, 5) is 0. The molecule has 3 fully saturated rings. The molecule has 0 aromatic heterocycles. The van der Waals surface area contributed by atoms with Crippen molar-refractivity contribution in [3.8, 4) is 0 Å². The van der Waals surface area contributed by atoms with Crippen molar-refractivity contribution >= 4 is 10.2 Å². The number of hydrogen-bond donors (Lipinski definition) is 1. The molecule has 0 amide bonds. The van der Waals surface area contributed by atoms with Crippen LogP contribution in [0.3, 0.4) is 0 Å². The Morgan fingerprint density at radius 1 is 1.21 bits per heavy atom. The van der Waals surface area contributed by atoms with Gasteiger partial charge in [-0.25, -0.2) is 4.39 Å². The third-order valence-corrected chi connectivity index (χ3v) is 7.29. The molecule has 0 radical (unpaired) electrons. The number of halogens is 1. The normalized spacial score (nSPS) is 32.1. The number of morpholine rings is 1. The summed E-state index contributed by atoms with van der Waals surface area (Å²) in [5.41, 5.74) is 0.739. The number of hydrogen-bond acceptors (Lipinski definition) is 4. The van der Waals surface area contributed by atoms with Gasteiger partial charge in [-0.3, -0.25) is 0 Å². The van der Waals surface area contributed by atoms with Crippen LogP contribution in [0.15, 0.2) is 24.3 Å². The summed E-state index contributed by atoms with van der Waals surface area (Å²) in [7, 11) is -3.58.